The molecule has 0 spiro atoms. The highest BCUT2D eigenvalue weighted by Gasteiger charge is 2.42. The predicted octanol–water partition coefficient (Wildman–Crippen LogP) is 4.57. The maximum Gasteiger partial charge on any atom is 0.422 e. The van der Waals surface area contributed by atoms with Crippen LogP contribution in [0.4, 0.5) is 4.79 Å². The lowest BCUT2D eigenvalue weighted by molar-refractivity contribution is 0.0106. The molecule has 11 heteroatoms. The summed E-state index contributed by atoms with van der Waals surface area (Å²) in [5.41, 5.74) is 1.48. The van der Waals surface area contributed by atoms with Crippen LogP contribution < -0.4 is 18.9 Å². The van der Waals surface area contributed by atoms with E-state index in [4.69, 9.17) is 18.9 Å². The van der Waals surface area contributed by atoms with E-state index in [1.807, 2.05) is 4.72 Å². The van der Waals surface area contributed by atoms with Crippen LogP contribution in [-0.4, -0.2) is 40.6 Å². The SMILES string of the molecule is COc1ccc2c(c1)C(=O)[C@H](OC(=O)NS(=O)(=O)c1ccc(C)cc1)[C@@H](c1ccc(OC)c(Br)c1)O2. The highest BCUT2D eigenvalue weighted by molar-refractivity contribution is 9.10. The lowest BCUT2D eigenvalue weighted by Gasteiger charge is -2.32. The number of ether oxygens (including phenoxy) is 4. The van der Waals surface area contributed by atoms with Crippen molar-refractivity contribution in [1.29, 1.82) is 0 Å². The highest BCUT2D eigenvalue weighted by Crippen LogP contribution is 2.40. The Morgan fingerprint density at radius 2 is 1.72 bits per heavy atom. The van der Waals surface area contributed by atoms with Crippen molar-refractivity contribution in [2.45, 2.75) is 24.0 Å². The van der Waals surface area contributed by atoms with Gasteiger partial charge in [-0.05, 0) is 70.9 Å². The maximum absolute atomic E-state index is 13.5. The van der Waals surface area contributed by atoms with Gasteiger partial charge >= 0.3 is 6.09 Å². The van der Waals surface area contributed by atoms with Gasteiger partial charge in [-0.2, -0.15) is 0 Å². The number of aryl methyl sites for hydroxylation is 1. The van der Waals surface area contributed by atoms with E-state index >= 15 is 0 Å². The molecule has 188 valence electrons. The van der Waals surface area contributed by atoms with Crippen LogP contribution in [0.15, 0.2) is 70.0 Å². The summed E-state index contributed by atoms with van der Waals surface area (Å²) in [7, 11) is -1.28. The molecule has 1 aliphatic rings. The van der Waals surface area contributed by atoms with Gasteiger partial charge in [0.1, 0.15) is 17.2 Å². The van der Waals surface area contributed by atoms with Crippen molar-refractivity contribution in [2.75, 3.05) is 14.2 Å². The van der Waals surface area contributed by atoms with Gasteiger partial charge in [-0.1, -0.05) is 23.8 Å². The van der Waals surface area contributed by atoms with Crippen molar-refractivity contribution < 1.29 is 37.0 Å². The number of rotatable bonds is 6. The van der Waals surface area contributed by atoms with Gasteiger partial charge in [-0.25, -0.2) is 17.9 Å². The molecule has 2 atom stereocenters. The number of carbonyl (C=O) groups is 2. The summed E-state index contributed by atoms with van der Waals surface area (Å²) >= 11 is 3.40. The van der Waals surface area contributed by atoms with Crippen LogP contribution in [-0.2, 0) is 14.8 Å². The molecular formula is C25H22BrNO8S. The van der Waals surface area contributed by atoms with E-state index in [9.17, 15) is 18.0 Å². The molecule has 0 unspecified atom stereocenters. The fourth-order valence-corrected chi connectivity index (χ4v) is 5.10. The number of benzene rings is 3. The Bertz CT molecular complexity index is 1420. The molecule has 1 N–H and O–H groups in total. The smallest absolute Gasteiger partial charge is 0.422 e. The quantitative estimate of drug-likeness (QED) is 0.454. The van der Waals surface area contributed by atoms with Crippen molar-refractivity contribution >= 4 is 37.8 Å². The summed E-state index contributed by atoms with van der Waals surface area (Å²) in [4.78, 5) is 26.1. The monoisotopic (exact) mass is 575 g/mol. The molecule has 0 aromatic heterocycles. The summed E-state index contributed by atoms with van der Waals surface area (Å²) in [6.45, 7) is 1.80. The molecule has 0 fully saturated rings. The fraction of sp³-hybridized carbons (Fsp3) is 0.200. The van der Waals surface area contributed by atoms with E-state index in [0.29, 0.717) is 21.5 Å². The van der Waals surface area contributed by atoms with Crippen molar-refractivity contribution in [3.8, 4) is 17.2 Å². The number of halogens is 1. The van der Waals surface area contributed by atoms with Crippen LogP contribution in [0.5, 0.6) is 17.2 Å². The molecule has 0 bridgehead atoms. The molecule has 3 aromatic rings. The molecule has 1 heterocycles. The van der Waals surface area contributed by atoms with Gasteiger partial charge in [0.05, 0.1) is 29.2 Å². The summed E-state index contributed by atoms with van der Waals surface area (Å²) in [6, 6.07) is 15.6. The van der Waals surface area contributed by atoms with Crippen LogP contribution in [0.1, 0.15) is 27.6 Å². The first-order valence-corrected chi connectivity index (χ1v) is 12.9. The minimum atomic E-state index is -4.23. The van der Waals surface area contributed by atoms with Crippen LogP contribution in [0.3, 0.4) is 0 Å². The summed E-state index contributed by atoms with van der Waals surface area (Å²) < 4.78 is 49.7. The maximum atomic E-state index is 13.5. The Labute approximate surface area is 216 Å². The average Bonchev–Trinajstić information content (AvgIpc) is 2.85. The van der Waals surface area contributed by atoms with Gasteiger partial charge in [-0.15, -0.1) is 0 Å². The van der Waals surface area contributed by atoms with Gasteiger partial charge in [0, 0.05) is 0 Å². The number of sulfonamides is 1. The Morgan fingerprint density at radius 3 is 2.36 bits per heavy atom. The second-order valence-electron chi connectivity index (χ2n) is 7.90. The van der Waals surface area contributed by atoms with E-state index < -0.39 is 34.1 Å². The normalized spacial score (nSPS) is 16.9. The minimum Gasteiger partial charge on any atom is -0.497 e. The van der Waals surface area contributed by atoms with Gasteiger partial charge in [-0.3, -0.25) is 4.79 Å². The second-order valence-corrected chi connectivity index (χ2v) is 10.4. The third-order valence-electron chi connectivity index (χ3n) is 5.53. The highest BCUT2D eigenvalue weighted by atomic mass is 79.9. The molecule has 1 aliphatic heterocycles. The number of hydrogen-bond acceptors (Lipinski definition) is 8. The van der Waals surface area contributed by atoms with Crippen molar-refractivity contribution in [2.24, 2.45) is 0 Å². The van der Waals surface area contributed by atoms with E-state index in [-0.39, 0.29) is 16.2 Å². The van der Waals surface area contributed by atoms with E-state index in [2.05, 4.69) is 15.9 Å². The largest absolute Gasteiger partial charge is 0.497 e. The fourth-order valence-electron chi connectivity index (χ4n) is 3.66. The summed E-state index contributed by atoms with van der Waals surface area (Å²) in [6.07, 6.45) is -3.87. The van der Waals surface area contributed by atoms with Crippen LogP contribution >= 0.6 is 15.9 Å². The zero-order chi connectivity index (χ0) is 26.0. The van der Waals surface area contributed by atoms with E-state index in [1.54, 1.807) is 49.4 Å². The van der Waals surface area contributed by atoms with E-state index in [0.717, 1.165) is 5.56 Å². The summed E-state index contributed by atoms with van der Waals surface area (Å²) in [5.74, 6) is 0.646. The number of methoxy groups -OCH3 is 2. The first kappa shape index (κ1) is 25.5. The second kappa shape index (κ2) is 10.2. The van der Waals surface area contributed by atoms with Crippen LogP contribution in [0, 0.1) is 6.92 Å². The summed E-state index contributed by atoms with van der Waals surface area (Å²) in [5, 5.41) is 0. The molecule has 0 aliphatic carbocycles. The molecule has 4 rings (SSSR count). The molecule has 36 heavy (non-hydrogen) atoms. The third kappa shape index (κ3) is 5.17. The van der Waals surface area contributed by atoms with Gasteiger partial charge < -0.3 is 18.9 Å². The molecule has 1 amide bonds. The number of hydrogen-bond donors (Lipinski definition) is 1. The molecular weight excluding hydrogens is 554 g/mol. The molecule has 0 saturated carbocycles. The van der Waals surface area contributed by atoms with Crippen LogP contribution in [0.25, 0.3) is 0 Å². The lowest BCUT2D eigenvalue weighted by Crippen LogP contribution is -2.43. The zero-order valence-corrected chi connectivity index (χ0v) is 21.9. The van der Waals surface area contributed by atoms with Gasteiger partial charge in [0.2, 0.25) is 11.9 Å². The number of fused-ring (bicyclic) bond motifs is 1. The third-order valence-corrected chi connectivity index (χ3v) is 7.47. The molecule has 9 nitrogen and oxygen atoms in total. The molecule has 0 saturated heterocycles. The number of amides is 1. The minimum absolute atomic E-state index is 0.123. The van der Waals surface area contributed by atoms with Gasteiger partial charge in [0.25, 0.3) is 10.0 Å². The molecule has 0 radical (unpaired) electrons. The zero-order valence-electron chi connectivity index (χ0n) is 19.5. The van der Waals surface area contributed by atoms with Crippen LogP contribution in [0.2, 0.25) is 0 Å². The Morgan fingerprint density at radius 1 is 1.00 bits per heavy atom. The lowest BCUT2D eigenvalue weighted by atomic mass is 9.93. The van der Waals surface area contributed by atoms with Crippen molar-refractivity contribution in [3.63, 3.8) is 0 Å². The van der Waals surface area contributed by atoms with Crippen molar-refractivity contribution in [1.82, 2.24) is 4.72 Å². The Kier molecular flexibility index (Phi) is 7.23. The number of nitrogens with one attached hydrogen (secondary N) is 1. The number of ketones is 1. The first-order valence-electron chi connectivity index (χ1n) is 10.7. The van der Waals surface area contributed by atoms with E-state index in [1.165, 1.54) is 32.4 Å². The first-order chi connectivity index (χ1) is 17.1. The standard InChI is InChI=1S/C25H22BrNO8S/c1-14-4-8-17(9-5-14)36(30,31)27-25(29)35-24-22(28)18-13-16(32-2)7-11-20(18)34-23(24)15-6-10-21(33-3)19(26)12-15/h4-13,23-24H,1-3H3,(H,27,29)/t23-,24+/m1/s1. The topological polar surface area (TPSA) is 117 Å². The number of carbonyl (C=O) groups excluding carboxylic acids is 2. The van der Waals surface area contributed by atoms with Gasteiger partial charge in [0.15, 0.2) is 6.10 Å². The average molecular weight is 576 g/mol. The predicted molar refractivity (Wildman–Crippen MR) is 133 cm³/mol. The molecule has 3 aromatic carbocycles. The Balaban J connectivity index is 1.67. The number of Topliss-reactive ketones (excluding diaryl/α,β-unsaturated/α-hetero) is 1. The van der Waals surface area contributed by atoms with Crippen molar-refractivity contribution in [3.05, 3.63) is 81.8 Å². The Hall–Kier alpha value is -3.57.